The Labute approximate surface area is 176 Å². The summed E-state index contributed by atoms with van der Waals surface area (Å²) in [5.74, 6) is -0.122. The quantitative estimate of drug-likeness (QED) is 0.713. The molecule has 6 heteroatoms. The van der Waals surface area contributed by atoms with E-state index >= 15 is 0 Å². The third-order valence-corrected chi connectivity index (χ3v) is 5.59. The molecule has 0 aromatic heterocycles. The maximum atomic E-state index is 13.7. The maximum absolute atomic E-state index is 13.7. The summed E-state index contributed by atoms with van der Waals surface area (Å²) in [6, 6.07) is 13.1. The standard InChI is InChI=1S/C24H26N2O4/c1-4-30-20-8-6-5-7-19(20)26-23(27)21(18-10-9-16(2)17(3)15-18)22(24(26)28)25-11-13-29-14-12-25/h5-10,15H,4,11-14H2,1-3H3. The smallest absolute Gasteiger partial charge is 0.282 e. The topological polar surface area (TPSA) is 59.1 Å². The fourth-order valence-corrected chi connectivity index (χ4v) is 3.89. The van der Waals surface area contributed by atoms with Crippen molar-refractivity contribution >= 4 is 23.1 Å². The fraction of sp³-hybridized carbons (Fsp3) is 0.333. The third-order valence-electron chi connectivity index (χ3n) is 5.59. The van der Waals surface area contributed by atoms with Crippen molar-refractivity contribution in [2.24, 2.45) is 0 Å². The Bertz CT molecular complexity index is 1020. The highest BCUT2D eigenvalue weighted by Gasteiger charge is 2.43. The molecule has 0 aliphatic carbocycles. The summed E-state index contributed by atoms with van der Waals surface area (Å²) in [4.78, 5) is 30.5. The molecule has 2 aliphatic heterocycles. The van der Waals surface area contributed by atoms with Gasteiger partial charge in [0.25, 0.3) is 11.8 Å². The van der Waals surface area contributed by atoms with Crippen LogP contribution < -0.4 is 9.64 Å². The van der Waals surface area contributed by atoms with Crippen LogP contribution >= 0.6 is 0 Å². The van der Waals surface area contributed by atoms with Crippen molar-refractivity contribution in [1.82, 2.24) is 4.90 Å². The average Bonchev–Trinajstić information content (AvgIpc) is 3.01. The number of hydrogen-bond acceptors (Lipinski definition) is 5. The number of morpholine rings is 1. The molecule has 0 saturated carbocycles. The summed E-state index contributed by atoms with van der Waals surface area (Å²) in [6.45, 7) is 8.57. The molecule has 0 unspecified atom stereocenters. The highest BCUT2D eigenvalue weighted by Crippen LogP contribution is 2.39. The fourth-order valence-electron chi connectivity index (χ4n) is 3.89. The van der Waals surface area contributed by atoms with Gasteiger partial charge in [0, 0.05) is 13.1 Å². The van der Waals surface area contributed by atoms with Crippen LogP contribution in [0.25, 0.3) is 5.57 Å². The van der Waals surface area contributed by atoms with E-state index in [2.05, 4.69) is 0 Å². The average molecular weight is 406 g/mol. The summed E-state index contributed by atoms with van der Waals surface area (Å²) in [5.41, 5.74) is 4.33. The second kappa shape index (κ2) is 8.32. The van der Waals surface area contributed by atoms with Crippen LogP contribution in [-0.4, -0.2) is 49.6 Å². The number of para-hydroxylation sites is 2. The first-order valence-corrected chi connectivity index (χ1v) is 10.3. The van der Waals surface area contributed by atoms with Gasteiger partial charge in [0.1, 0.15) is 11.4 Å². The van der Waals surface area contributed by atoms with Crippen molar-refractivity contribution < 1.29 is 19.1 Å². The molecule has 0 radical (unpaired) electrons. The predicted octanol–water partition coefficient (Wildman–Crippen LogP) is 3.32. The van der Waals surface area contributed by atoms with Crippen molar-refractivity contribution in [3.63, 3.8) is 0 Å². The SMILES string of the molecule is CCOc1ccccc1N1C(=O)C(c2ccc(C)c(C)c2)=C(N2CCOCC2)C1=O. The van der Waals surface area contributed by atoms with Crippen molar-refractivity contribution in [1.29, 1.82) is 0 Å². The summed E-state index contributed by atoms with van der Waals surface area (Å²) in [5, 5.41) is 0. The molecule has 4 rings (SSSR count). The molecule has 30 heavy (non-hydrogen) atoms. The van der Waals surface area contributed by atoms with Gasteiger partial charge >= 0.3 is 0 Å². The van der Waals surface area contributed by atoms with E-state index in [-0.39, 0.29) is 11.8 Å². The number of imide groups is 1. The zero-order valence-electron chi connectivity index (χ0n) is 17.6. The first-order valence-electron chi connectivity index (χ1n) is 10.3. The molecule has 2 amide bonds. The second-order valence-corrected chi connectivity index (χ2v) is 7.47. The lowest BCUT2D eigenvalue weighted by Crippen LogP contribution is -2.40. The molecule has 6 nitrogen and oxygen atoms in total. The van der Waals surface area contributed by atoms with E-state index in [9.17, 15) is 9.59 Å². The molecular formula is C24H26N2O4. The molecule has 2 heterocycles. The molecule has 1 fully saturated rings. The zero-order valence-corrected chi connectivity index (χ0v) is 17.6. The summed E-state index contributed by atoms with van der Waals surface area (Å²) >= 11 is 0. The Morgan fingerprint density at radius 2 is 1.70 bits per heavy atom. The number of rotatable bonds is 5. The van der Waals surface area contributed by atoms with Crippen LogP contribution in [0.5, 0.6) is 5.75 Å². The van der Waals surface area contributed by atoms with Gasteiger partial charge in [0.2, 0.25) is 0 Å². The van der Waals surface area contributed by atoms with E-state index in [4.69, 9.17) is 9.47 Å². The van der Waals surface area contributed by atoms with Gasteiger partial charge in [-0.3, -0.25) is 9.59 Å². The summed E-state index contributed by atoms with van der Waals surface area (Å²) in [7, 11) is 0. The molecule has 0 bridgehead atoms. The molecule has 0 atom stereocenters. The third kappa shape index (κ3) is 3.48. The van der Waals surface area contributed by atoms with Crippen molar-refractivity contribution in [2.75, 3.05) is 37.8 Å². The van der Waals surface area contributed by atoms with E-state index in [0.29, 0.717) is 55.6 Å². The van der Waals surface area contributed by atoms with Crippen molar-refractivity contribution in [2.45, 2.75) is 20.8 Å². The zero-order chi connectivity index (χ0) is 21.3. The first-order chi connectivity index (χ1) is 14.5. The molecule has 0 N–H and O–H groups in total. The number of aryl methyl sites for hydroxylation is 2. The monoisotopic (exact) mass is 406 g/mol. The normalized spacial score (nSPS) is 17.2. The van der Waals surface area contributed by atoms with E-state index in [1.165, 1.54) is 4.90 Å². The minimum Gasteiger partial charge on any atom is -0.492 e. The van der Waals surface area contributed by atoms with Gasteiger partial charge in [-0.25, -0.2) is 4.90 Å². The predicted molar refractivity (Wildman–Crippen MR) is 115 cm³/mol. The number of benzene rings is 2. The van der Waals surface area contributed by atoms with Gasteiger partial charge in [0.15, 0.2) is 0 Å². The Hall–Kier alpha value is -3.12. The minimum atomic E-state index is -0.322. The van der Waals surface area contributed by atoms with Crippen molar-refractivity contribution in [3.8, 4) is 5.75 Å². The molecule has 1 saturated heterocycles. The van der Waals surface area contributed by atoms with E-state index < -0.39 is 0 Å². The maximum Gasteiger partial charge on any atom is 0.282 e. The van der Waals surface area contributed by atoms with Crippen LogP contribution in [0.4, 0.5) is 5.69 Å². The number of amides is 2. The lowest BCUT2D eigenvalue weighted by atomic mass is 9.99. The van der Waals surface area contributed by atoms with E-state index in [0.717, 1.165) is 16.7 Å². The molecule has 2 aliphatic rings. The van der Waals surface area contributed by atoms with E-state index in [1.54, 1.807) is 18.2 Å². The Balaban J connectivity index is 1.85. The van der Waals surface area contributed by atoms with Crippen LogP contribution in [0, 0.1) is 13.8 Å². The van der Waals surface area contributed by atoms with Crippen LogP contribution in [0.3, 0.4) is 0 Å². The van der Waals surface area contributed by atoms with Gasteiger partial charge < -0.3 is 14.4 Å². The number of carbonyl (C=O) groups is 2. The van der Waals surface area contributed by atoms with Crippen LogP contribution in [0.1, 0.15) is 23.6 Å². The Kier molecular flexibility index (Phi) is 5.59. The van der Waals surface area contributed by atoms with Crippen LogP contribution in [-0.2, 0) is 14.3 Å². The molecule has 2 aromatic carbocycles. The van der Waals surface area contributed by atoms with Crippen LogP contribution in [0.15, 0.2) is 48.2 Å². The minimum absolute atomic E-state index is 0.317. The highest BCUT2D eigenvalue weighted by molar-refractivity contribution is 6.45. The molecule has 0 spiro atoms. The number of carbonyl (C=O) groups excluding carboxylic acids is 2. The lowest BCUT2D eigenvalue weighted by molar-refractivity contribution is -0.121. The Morgan fingerprint density at radius 1 is 0.967 bits per heavy atom. The molecule has 156 valence electrons. The van der Waals surface area contributed by atoms with Crippen molar-refractivity contribution in [3.05, 3.63) is 64.9 Å². The summed E-state index contributed by atoms with van der Waals surface area (Å²) in [6.07, 6.45) is 0. The van der Waals surface area contributed by atoms with Gasteiger partial charge in [-0.2, -0.15) is 0 Å². The van der Waals surface area contributed by atoms with E-state index in [1.807, 2.05) is 49.9 Å². The largest absolute Gasteiger partial charge is 0.492 e. The highest BCUT2D eigenvalue weighted by atomic mass is 16.5. The summed E-state index contributed by atoms with van der Waals surface area (Å²) < 4.78 is 11.2. The van der Waals surface area contributed by atoms with Gasteiger partial charge in [0.05, 0.1) is 31.1 Å². The lowest BCUT2D eigenvalue weighted by Gasteiger charge is -2.29. The number of nitrogens with zero attached hydrogens (tertiary/aromatic N) is 2. The number of hydrogen-bond donors (Lipinski definition) is 0. The molecule has 2 aromatic rings. The number of ether oxygens (including phenoxy) is 2. The van der Waals surface area contributed by atoms with Gasteiger partial charge in [-0.05, 0) is 49.6 Å². The molecular weight excluding hydrogens is 380 g/mol. The van der Waals surface area contributed by atoms with Gasteiger partial charge in [-0.15, -0.1) is 0 Å². The Morgan fingerprint density at radius 3 is 2.40 bits per heavy atom. The first kappa shape index (κ1) is 20.2. The van der Waals surface area contributed by atoms with Gasteiger partial charge in [-0.1, -0.05) is 30.3 Å². The van der Waals surface area contributed by atoms with Crippen LogP contribution in [0.2, 0.25) is 0 Å². The second-order valence-electron chi connectivity index (χ2n) is 7.47. The number of anilines is 1.